The molecular formula is C17H37NO6. The lowest BCUT2D eigenvalue weighted by Gasteiger charge is -2.09. The molecule has 0 saturated heterocycles. The standard InChI is InChI=1S/C15H31NO6.C2H6/c1-4-18-7-8-20-11-12-21-10-9-19-6-5-16-15(17)13-22-14(2)3;1-2/h14H,4-13H2,1-3H3,(H,16,17);1-2H3. The lowest BCUT2D eigenvalue weighted by molar-refractivity contribution is -0.127. The number of hydrogen-bond acceptors (Lipinski definition) is 6. The highest BCUT2D eigenvalue weighted by Gasteiger charge is 2.02. The summed E-state index contributed by atoms with van der Waals surface area (Å²) in [5, 5.41) is 2.71. The summed E-state index contributed by atoms with van der Waals surface area (Å²) in [5.74, 6) is -0.127. The van der Waals surface area contributed by atoms with Gasteiger partial charge in [0, 0.05) is 13.2 Å². The van der Waals surface area contributed by atoms with Crippen molar-refractivity contribution in [2.45, 2.75) is 40.7 Å². The summed E-state index contributed by atoms with van der Waals surface area (Å²) in [6, 6.07) is 0. The van der Waals surface area contributed by atoms with Gasteiger partial charge in [-0.1, -0.05) is 13.8 Å². The lowest BCUT2D eigenvalue weighted by atomic mass is 10.5. The van der Waals surface area contributed by atoms with Crippen LogP contribution in [0, 0.1) is 0 Å². The van der Waals surface area contributed by atoms with E-state index in [1.807, 2.05) is 34.6 Å². The molecule has 0 aromatic rings. The number of carbonyl (C=O) groups is 1. The molecule has 7 heteroatoms. The van der Waals surface area contributed by atoms with Gasteiger partial charge in [-0.25, -0.2) is 0 Å². The van der Waals surface area contributed by atoms with Crippen LogP contribution in [0.15, 0.2) is 0 Å². The van der Waals surface area contributed by atoms with Crippen LogP contribution in [0.25, 0.3) is 0 Å². The van der Waals surface area contributed by atoms with Gasteiger partial charge in [-0.05, 0) is 20.8 Å². The molecule has 0 atom stereocenters. The van der Waals surface area contributed by atoms with Crippen LogP contribution in [0.2, 0.25) is 0 Å². The van der Waals surface area contributed by atoms with Gasteiger partial charge in [0.05, 0.1) is 52.4 Å². The van der Waals surface area contributed by atoms with Gasteiger partial charge < -0.3 is 29.0 Å². The fourth-order valence-electron chi connectivity index (χ4n) is 1.36. The van der Waals surface area contributed by atoms with Gasteiger partial charge in [0.15, 0.2) is 0 Å². The summed E-state index contributed by atoms with van der Waals surface area (Å²) in [6.07, 6.45) is 0.0577. The highest BCUT2D eigenvalue weighted by molar-refractivity contribution is 5.77. The maximum Gasteiger partial charge on any atom is 0.246 e. The van der Waals surface area contributed by atoms with Crippen molar-refractivity contribution in [1.29, 1.82) is 0 Å². The van der Waals surface area contributed by atoms with Gasteiger partial charge in [-0.3, -0.25) is 4.79 Å². The van der Waals surface area contributed by atoms with Crippen molar-refractivity contribution in [1.82, 2.24) is 5.32 Å². The average molecular weight is 351 g/mol. The van der Waals surface area contributed by atoms with Crippen molar-refractivity contribution in [3.05, 3.63) is 0 Å². The van der Waals surface area contributed by atoms with E-state index in [-0.39, 0.29) is 18.6 Å². The number of amides is 1. The van der Waals surface area contributed by atoms with Crippen LogP contribution in [0.3, 0.4) is 0 Å². The smallest absolute Gasteiger partial charge is 0.246 e. The van der Waals surface area contributed by atoms with E-state index >= 15 is 0 Å². The Morgan fingerprint density at radius 2 is 1.29 bits per heavy atom. The zero-order chi connectivity index (χ0) is 18.5. The van der Waals surface area contributed by atoms with Crippen molar-refractivity contribution in [2.75, 3.05) is 66.0 Å². The molecule has 24 heavy (non-hydrogen) atoms. The Bertz CT molecular complexity index is 251. The van der Waals surface area contributed by atoms with Crippen molar-refractivity contribution in [3.8, 4) is 0 Å². The molecule has 0 saturated carbocycles. The minimum Gasteiger partial charge on any atom is -0.379 e. The highest BCUT2D eigenvalue weighted by Crippen LogP contribution is 1.86. The third-order valence-corrected chi connectivity index (χ3v) is 2.44. The summed E-state index contributed by atoms with van der Waals surface area (Å²) in [5.41, 5.74) is 0. The molecule has 0 spiro atoms. The Hall–Kier alpha value is -0.730. The minimum atomic E-state index is -0.127. The second kappa shape index (κ2) is 22.3. The number of ether oxygens (including phenoxy) is 5. The summed E-state index contributed by atoms with van der Waals surface area (Å²) in [4.78, 5) is 11.3. The first kappa shape index (κ1) is 25.5. The Balaban J connectivity index is 0. The first-order valence-electron chi connectivity index (χ1n) is 8.86. The highest BCUT2D eigenvalue weighted by atomic mass is 16.6. The number of carbonyl (C=O) groups excluding carboxylic acids is 1. The fraction of sp³-hybridized carbons (Fsp3) is 0.941. The number of nitrogens with one attached hydrogen (secondary N) is 1. The molecule has 1 amide bonds. The van der Waals surface area contributed by atoms with Gasteiger partial charge in [0.1, 0.15) is 6.61 Å². The summed E-state index contributed by atoms with van der Waals surface area (Å²) < 4.78 is 26.3. The molecular weight excluding hydrogens is 314 g/mol. The molecule has 0 rings (SSSR count). The molecule has 0 aliphatic carbocycles. The van der Waals surface area contributed by atoms with E-state index in [9.17, 15) is 4.79 Å². The maximum absolute atomic E-state index is 11.3. The third-order valence-electron chi connectivity index (χ3n) is 2.44. The predicted molar refractivity (Wildman–Crippen MR) is 94.4 cm³/mol. The molecule has 1 N–H and O–H groups in total. The molecule has 0 aliphatic rings. The van der Waals surface area contributed by atoms with Gasteiger partial charge in [0.25, 0.3) is 0 Å². The van der Waals surface area contributed by atoms with E-state index in [4.69, 9.17) is 23.7 Å². The van der Waals surface area contributed by atoms with E-state index in [1.165, 1.54) is 0 Å². The molecule has 0 bridgehead atoms. The largest absolute Gasteiger partial charge is 0.379 e. The molecule has 0 aliphatic heterocycles. The summed E-state index contributed by atoms with van der Waals surface area (Å²) in [6.45, 7) is 14.8. The van der Waals surface area contributed by atoms with E-state index in [1.54, 1.807) is 0 Å². The molecule has 0 heterocycles. The zero-order valence-corrected chi connectivity index (χ0v) is 16.1. The Morgan fingerprint density at radius 1 is 0.833 bits per heavy atom. The molecule has 7 nitrogen and oxygen atoms in total. The maximum atomic E-state index is 11.3. The minimum absolute atomic E-state index is 0.0577. The normalized spacial score (nSPS) is 10.4. The quantitative estimate of drug-likeness (QED) is 0.426. The SMILES string of the molecule is CC.CCOCCOCCOCCOCCNC(=O)COC(C)C. The summed E-state index contributed by atoms with van der Waals surface area (Å²) >= 11 is 0. The average Bonchev–Trinajstić information content (AvgIpc) is 2.59. The van der Waals surface area contributed by atoms with Crippen molar-refractivity contribution in [3.63, 3.8) is 0 Å². The predicted octanol–water partition coefficient (Wildman–Crippen LogP) is 1.64. The topological polar surface area (TPSA) is 75.3 Å². The molecule has 0 unspecified atom stereocenters. The first-order chi connectivity index (χ1) is 11.7. The number of hydrogen-bond donors (Lipinski definition) is 1. The van der Waals surface area contributed by atoms with Crippen LogP contribution in [0.1, 0.15) is 34.6 Å². The van der Waals surface area contributed by atoms with Crippen LogP contribution < -0.4 is 5.32 Å². The fourth-order valence-corrected chi connectivity index (χ4v) is 1.36. The lowest BCUT2D eigenvalue weighted by Crippen LogP contribution is -2.31. The Morgan fingerprint density at radius 3 is 1.75 bits per heavy atom. The van der Waals surface area contributed by atoms with Crippen LogP contribution in [0.4, 0.5) is 0 Å². The van der Waals surface area contributed by atoms with Gasteiger partial charge in [0.2, 0.25) is 5.91 Å². The van der Waals surface area contributed by atoms with Crippen LogP contribution in [0.5, 0.6) is 0 Å². The van der Waals surface area contributed by atoms with Gasteiger partial charge in [-0.15, -0.1) is 0 Å². The Labute approximate surface area is 147 Å². The van der Waals surface area contributed by atoms with E-state index in [0.717, 1.165) is 0 Å². The summed E-state index contributed by atoms with van der Waals surface area (Å²) in [7, 11) is 0. The van der Waals surface area contributed by atoms with E-state index < -0.39 is 0 Å². The molecule has 0 radical (unpaired) electrons. The molecule has 146 valence electrons. The van der Waals surface area contributed by atoms with Crippen LogP contribution in [-0.4, -0.2) is 78.0 Å². The second-order valence-electron chi connectivity index (χ2n) is 4.74. The second-order valence-corrected chi connectivity index (χ2v) is 4.74. The number of rotatable bonds is 16. The van der Waals surface area contributed by atoms with Crippen molar-refractivity contribution in [2.24, 2.45) is 0 Å². The molecule has 0 fully saturated rings. The van der Waals surface area contributed by atoms with Crippen LogP contribution in [-0.2, 0) is 28.5 Å². The van der Waals surface area contributed by atoms with E-state index in [2.05, 4.69) is 5.32 Å². The molecule has 0 aromatic carbocycles. The monoisotopic (exact) mass is 351 g/mol. The van der Waals surface area contributed by atoms with E-state index in [0.29, 0.717) is 59.4 Å². The third kappa shape index (κ3) is 23.5. The van der Waals surface area contributed by atoms with Crippen molar-refractivity contribution < 1.29 is 28.5 Å². The van der Waals surface area contributed by atoms with Crippen molar-refractivity contribution >= 4 is 5.91 Å². The zero-order valence-electron chi connectivity index (χ0n) is 16.1. The Kier molecular flexibility index (Phi) is 23.7. The first-order valence-corrected chi connectivity index (χ1v) is 8.86. The molecule has 0 aromatic heterocycles. The van der Waals surface area contributed by atoms with Crippen LogP contribution >= 0.6 is 0 Å². The van der Waals surface area contributed by atoms with Gasteiger partial charge >= 0.3 is 0 Å². The van der Waals surface area contributed by atoms with Gasteiger partial charge in [-0.2, -0.15) is 0 Å².